The number of likely N-dealkylation sites (N-methyl/N-ethyl adjacent to an activating group) is 1. The number of fused-ring (bicyclic) bond motifs is 2. The Hall–Kier alpha value is -1.46. The molecule has 5 saturated heterocycles. The molecule has 2 bridgehead atoms. The fourth-order valence-corrected chi connectivity index (χ4v) is 7.51. The predicted molar refractivity (Wildman–Crippen MR) is 149 cm³/mol. The number of guanidine groups is 1. The topological polar surface area (TPSA) is 77.0 Å². The second-order valence-corrected chi connectivity index (χ2v) is 12.7. The molecule has 1 N–H and O–H groups in total. The van der Waals surface area contributed by atoms with Gasteiger partial charge in [0.15, 0.2) is 24.1 Å². The number of halogens is 1. The molecule has 216 valence electrons. The molecule has 8 atom stereocenters. The van der Waals surface area contributed by atoms with Crippen molar-refractivity contribution < 1.29 is 24.0 Å². The minimum Gasteiger partial charge on any atom is -0.350 e. The van der Waals surface area contributed by atoms with Crippen LogP contribution in [0.3, 0.4) is 0 Å². The zero-order valence-corrected chi connectivity index (χ0v) is 24.4. The lowest BCUT2D eigenvalue weighted by Crippen LogP contribution is -2.70. The molecule has 0 radical (unpaired) electrons. The summed E-state index contributed by atoms with van der Waals surface area (Å²) in [6.07, 6.45) is 3.18. The summed E-state index contributed by atoms with van der Waals surface area (Å²) in [6.45, 7) is 11.3. The summed E-state index contributed by atoms with van der Waals surface area (Å²) in [5.41, 5.74) is 0.355. The van der Waals surface area contributed by atoms with E-state index in [0.717, 1.165) is 57.1 Å². The van der Waals surface area contributed by atoms with Crippen LogP contribution in [0.4, 0.5) is 5.69 Å². The van der Waals surface area contributed by atoms with Gasteiger partial charge in [-0.3, -0.25) is 4.99 Å². The molecule has 5 heterocycles. The molecule has 7 rings (SSSR count). The maximum atomic E-state index is 6.56. The fraction of sp³-hybridized carbons (Fsp3) is 0.759. The van der Waals surface area contributed by atoms with Gasteiger partial charge in [0.05, 0.1) is 13.2 Å². The average Bonchev–Trinajstić information content (AvgIpc) is 3.15. The van der Waals surface area contributed by atoms with Gasteiger partial charge in [0, 0.05) is 55.1 Å². The Labute approximate surface area is 237 Å². The van der Waals surface area contributed by atoms with E-state index >= 15 is 0 Å². The van der Waals surface area contributed by atoms with E-state index in [1.54, 1.807) is 0 Å². The molecular weight excluding hydrogens is 520 g/mol. The van der Waals surface area contributed by atoms with Crippen molar-refractivity contribution in [1.82, 2.24) is 9.80 Å². The molecule has 9 nitrogen and oxygen atoms in total. The lowest BCUT2D eigenvalue weighted by molar-refractivity contribution is -0.577. The Morgan fingerprint density at radius 3 is 2.74 bits per heavy atom. The Morgan fingerprint density at radius 2 is 1.95 bits per heavy atom. The normalized spacial score (nSPS) is 40.7. The van der Waals surface area contributed by atoms with Crippen molar-refractivity contribution in [2.24, 2.45) is 28.7 Å². The van der Waals surface area contributed by atoms with Gasteiger partial charge < -0.3 is 29.3 Å². The molecule has 6 aliphatic rings. The Morgan fingerprint density at radius 1 is 1.13 bits per heavy atom. The average molecular weight is 563 g/mol. The van der Waals surface area contributed by atoms with Gasteiger partial charge in [0.2, 0.25) is 5.79 Å². The first kappa shape index (κ1) is 27.7. The Bertz CT molecular complexity index is 1050. The number of benzene rings is 1. The number of hydrogen-bond acceptors (Lipinski definition) is 7. The van der Waals surface area contributed by atoms with E-state index in [1.165, 1.54) is 6.42 Å². The van der Waals surface area contributed by atoms with Crippen LogP contribution in [0.5, 0.6) is 0 Å². The third kappa shape index (κ3) is 5.32. The number of rotatable bonds is 5. The first-order valence-corrected chi connectivity index (χ1v) is 15.0. The van der Waals surface area contributed by atoms with Crippen LogP contribution in [0, 0.1) is 23.7 Å². The van der Waals surface area contributed by atoms with Crippen molar-refractivity contribution in [3.8, 4) is 0 Å². The van der Waals surface area contributed by atoms with Crippen molar-refractivity contribution in [1.29, 1.82) is 0 Å². The van der Waals surface area contributed by atoms with Crippen LogP contribution < -0.4 is 5.32 Å². The van der Waals surface area contributed by atoms with Crippen molar-refractivity contribution in [3.63, 3.8) is 0 Å². The molecule has 10 heteroatoms. The van der Waals surface area contributed by atoms with E-state index in [0.29, 0.717) is 30.0 Å². The summed E-state index contributed by atoms with van der Waals surface area (Å²) in [5.74, 6) is 1.35. The summed E-state index contributed by atoms with van der Waals surface area (Å²) in [7, 11) is 2.15. The summed E-state index contributed by atoms with van der Waals surface area (Å²) in [4.78, 5) is 21.7. The minimum absolute atomic E-state index is 0.150. The Balaban J connectivity index is 1.14. The quantitative estimate of drug-likeness (QED) is 0.242. The van der Waals surface area contributed by atoms with Gasteiger partial charge in [-0.1, -0.05) is 31.5 Å². The molecule has 1 aromatic carbocycles. The lowest BCUT2D eigenvalue weighted by Gasteiger charge is -2.60. The number of ether oxygens (including phenoxy) is 3. The maximum absolute atomic E-state index is 6.56. The monoisotopic (exact) mass is 562 g/mol. The zero-order valence-electron chi connectivity index (χ0n) is 23.6. The fourth-order valence-electron chi connectivity index (χ4n) is 7.32. The lowest BCUT2D eigenvalue weighted by atomic mass is 9.58. The molecule has 0 aromatic heterocycles. The van der Waals surface area contributed by atoms with Gasteiger partial charge in [-0.15, -0.1) is 0 Å². The Kier molecular flexibility index (Phi) is 7.87. The molecule has 0 unspecified atom stereocenters. The van der Waals surface area contributed by atoms with Gasteiger partial charge in [-0.2, -0.15) is 0 Å². The van der Waals surface area contributed by atoms with Crippen LogP contribution in [0.25, 0.3) is 0 Å². The molecule has 5 aliphatic heterocycles. The number of nitrogens with one attached hydrogen (secondary N) is 1. The van der Waals surface area contributed by atoms with Gasteiger partial charge in [0.1, 0.15) is 0 Å². The molecule has 39 heavy (non-hydrogen) atoms. The van der Waals surface area contributed by atoms with Crippen LogP contribution in [-0.4, -0.2) is 86.1 Å². The second kappa shape index (κ2) is 11.1. The van der Waals surface area contributed by atoms with E-state index in [4.69, 9.17) is 40.6 Å². The largest absolute Gasteiger partial charge is 0.350 e. The van der Waals surface area contributed by atoms with E-state index < -0.39 is 17.7 Å². The van der Waals surface area contributed by atoms with Crippen LogP contribution in [0.1, 0.15) is 46.5 Å². The van der Waals surface area contributed by atoms with E-state index in [-0.39, 0.29) is 18.1 Å². The number of anilines is 1. The molecule has 1 spiro atoms. The van der Waals surface area contributed by atoms with E-state index in [1.807, 2.05) is 31.2 Å². The number of aliphatic imine (C=N–C) groups is 1. The highest BCUT2D eigenvalue weighted by Gasteiger charge is 2.69. The smallest absolute Gasteiger partial charge is 0.201 e. The summed E-state index contributed by atoms with van der Waals surface area (Å²) >= 11 is 6.23. The van der Waals surface area contributed by atoms with Crippen molar-refractivity contribution in [3.05, 3.63) is 29.3 Å². The van der Waals surface area contributed by atoms with Crippen LogP contribution >= 0.6 is 11.6 Å². The van der Waals surface area contributed by atoms with Crippen molar-refractivity contribution in [2.45, 2.75) is 70.4 Å². The summed E-state index contributed by atoms with van der Waals surface area (Å²) in [6, 6.07) is 7.74. The van der Waals surface area contributed by atoms with E-state index in [9.17, 15) is 0 Å². The molecule has 1 aromatic rings. The minimum atomic E-state index is -0.781. The highest BCUT2D eigenvalue weighted by molar-refractivity contribution is 6.30. The van der Waals surface area contributed by atoms with Crippen LogP contribution in [0.15, 0.2) is 29.3 Å². The number of hydrogen-bond donors (Lipinski definition) is 1. The standard InChI is InChI=1S/C29H43ClN4O5/c1-19-8-9-24-20(2)25(36-26-29(24)23(19)10-11-28(3,37-26)38-39-29)35-17-12-31-27(34-15-13-33(4)14-16-34)32-22-7-5-6-21(30)18-22/h5-7,18-20,23-26H,8-17H2,1-4H3,(H,31,32)/t19-,20-,23+,24+,25+,26-,28-,29-/m1/s1. The SMILES string of the molecule is C[C@H]1[C@@H](OCCN=C(Nc2cccc(Cl)c2)N2CCN(C)CC2)O[C@@H]2O[C@@]3(C)CC[C@H]4[C@H](C)CC[C@@H]1[C@@]24OO3. The number of piperazine rings is 1. The zero-order chi connectivity index (χ0) is 27.2. The number of nitrogens with zero attached hydrogens (tertiary/aromatic N) is 3. The first-order valence-electron chi connectivity index (χ1n) is 14.6. The summed E-state index contributed by atoms with van der Waals surface area (Å²) < 4.78 is 19.4. The van der Waals surface area contributed by atoms with Gasteiger partial charge in [0.25, 0.3) is 0 Å². The molecule has 1 aliphatic carbocycles. The molecule has 0 amide bonds. The third-order valence-corrected chi connectivity index (χ3v) is 9.85. The van der Waals surface area contributed by atoms with Gasteiger partial charge in [-0.05, 0) is 63.3 Å². The van der Waals surface area contributed by atoms with Crippen LogP contribution in [0.2, 0.25) is 5.02 Å². The highest BCUT2D eigenvalue weighted by Crippen LogP contribution is 2.60. The third-order valence-electron chi connectivity index (χ3n) is 9.62. The molecular formula is C29H43ClN4O5. The van der Waals surface area contributed by atoms with Gasteiger partial charge >= 0.3 is 0 Å². The van der Waals surface area contributed by atoms with Gasteiger partial charge in [-0.25, -0.2) is 9.78 Å². The van der Waals surface area contributed by atoms with Crippen molar-refractivity contribution in [2.75, 3.05) is 51.7 Å². The summed E-state index contributed by atoms with van der Waals surface area (Å²) in [5, 5.41) is 4.18. The van der Waals surface area contributed by atoms with Crippen LogP contribution in [-0.2, 0) is 24.0 Å². The van der Waals surface area contributed by atoms with E-state index in [2.05, 4.69) is 36.0 Å². The molecule has 6 fully saturated rings. The first-order chi connectivity index (χ1) is 18.8. The maximum Gasteiger partial charge on any atom is 0.201 e. The second-order valence-electron chi connectivity index (χ2n) is 12.3. The predicted octanol–water partition coefficient (Wildman–Crippen LogP) is 4.58. The molecule has 1 saturated carbocycles. The highest BCUT2D eigenvalue weighted by atomic mass is 35.5. The van der Waals surface area contributed by atoms with Crippen molar-refractivity contribution >= 4 is 23.2 Å².